The number of aromatic nitrogens is 1. The number of nitrogens with zero attached hydrogens (tertiary/aromatic N) is 2. The summed E-state index contributed by atoms with van der Waals surface area (Å²) in [5.41, 5.74) is 1.17. The van der Waals surface area contributed by atoms with Gasteiger partial charge in [0.15, 0.2) is 0 Å². The first-order valence-electron chi connectivity index (χ1n) is 9.65. The molecule has 1 amide bonds. The van der Waals surface area contributed by atoms with E-state index in [4.69, 9.17) is 21.1 Å². The predicted molar refractivity (Wildman–Crippen MR) is 120 cm³/mol. The van der Waals surface area contributed by atoms with Crippen molar-refractivity contribution in [3.8, 4) is 11.5 Å². The third-order valence-electron chi connectivity index (χ3n) is 5.24. The number of benzene rings is 2. The van der Waals surface area contributed by atoms with Crippen molar-refractivity contribution < 1.29 is 24.2 Å². The SMILES string of the molecule is COc1cccc(OC)c1/C(O)=C1\C(=O)C(=O)N(c2ccc(Cl)cc2)C1c1ccncc1. The first-order valence-corrected chi connectivity index (χ1v) is 10.0. The number of pyridine rings is 1. The van der Waals surface area contributed by atoms with Gasteiger partial charge in [0.05, 0.1) is 25.8 Å². The number of carbonyl (C=O) groups excluding carboxylic acids is 2. The quantitative estimate of drug-likeness (QED) is 0.352. The number of hydrogen-bond donors (Lipinski definition) is 1. The number of aliphatic hydroxyl groups excluding tert-OH is 1. The van der Waals surface area contributed by atoms with E-state index in [1.165, 1.54) is 19.1 Å². The Morgan fingerprint density at radius 2 is 1.56 bits per heavy atom. The van der Waals surface area contributed by atoms with Crippen molar-refractivity contribution in [3.63, 3.8) is 0 Å². The lowest BCUT2D eigenvalue weighted by atomic mass is 9.95. The van der Waals surface area contributed by atoms with Crippen LogP contribution in [0.2, 0.25) is 5.02 Å². The lowest BCUT2D eigenvalue weighted by Crippen LogP contribution is -2.29. The molecule has 1 N–H and O–H groups in total. The van der Waals surface area contributed by atoms with Crippen molar-refractivity contribution >= 4 is 34.7 Å². The van der Waals surface area contributed by atoms with Crippen LogP contribution < -0.4 is 14.4 Å². The number of hydrogen-bond acceptors (Lipinski definition) is 6. The van der Waals surface area contributed by atoms with Crippen molar-refractivity contribution in [1.29, 1.82) is 0 Å². The fourth-order valence-electron chi connectivity index (χ4n) is 3.78. The molecule has 1 fully saturated rings. The van der Waals surface area contributed by atoms with Crippen molar-refractivity contribution in [2.75, 3.05) is 19.1 Å². The Labute approximate surface area is 189 Å². The van der Waals surface area contributed by atoms with Gasteiger partial charge in [0, 0.05) is 23.1 Å². The normalized spacial score (nSPS) is 17.5. The van der Waals surface area contributed by atoms with Crippen LogP contribution in [-0.4, -0.2) is 36.0 Å². The minimum absolute atomic E-state index is 0.0843. The Bertz CT molecular complexity index is 1190. The standard InChI is InChI=1S/C24H19ClN2O5/c1-31-17-4-3-5-18(32-2)19(17)22(28)20-21(14-10-12-26-13-11-14)27(24(30)23(20)29)16-8-6-15(25)7-9-16/h3-13,21,28H,1-2H3/b22-20+. The maximum Gasteiger partial charge on any atom is 0.300 e. The summed E-state index contributed by atoms with van der Waals surface area (Å²) in [6, 6.07) is 14.0. The van der Waals surface area contributed by atoms with Crippen LogP contribution in [-0.2, 0) is 9.59 Å². The van der Waals surface area contributed by atoms with Gasteiger partial charge in [0.1, 0.15) is 22.8 Å². The molecule has 0 aliphatic carbocycles. The van der Waals surface area contributed by atoms with E-state index < -0.39 is 23.5 Å². The van der Waals surface area contributed by atoms with Crippen LogP contribution in [0.5, 0.6) is 11.5 Å². The summed E-state index contributed by atoms with van der Waals surface area (Å²) in [4.78, 5) is 31.7. The van der Waals surface area contributed by atoms with Crippen molar-refractivity contribution in [3.05, 3.63) is 88.7 Å². The van der Waals surface area contributed by atoms with Gasteiger partial charge in [-0.2, -0.15) is 0 Å². The van der Waals surface area contributed by atoms with E-state index in [9.17, 15) is 14.7 Å². The van der Waals surface area contributed by atoms with Crippen LogP contribution in [0.15, 0.2) is 72.6 Å². The number of anilines is 1. The molecule has 4 rings (SSSR count). The molecule has 0 spiro atoms. The summed E-state index contributed by atoms with van der Waals surface area (Å²) >= 11 is 6.01. The fraction of sp³-hybridized carbons (Fsp3) is 0.125. The third-order valence-corrected chi connectivity index (χ3v) is 5.49. The van der Waals surface area contributed by atoms with Crippen LogP contribution in [0, 0.1) is 0 Å². The molecule has 1 atom stereocenters. The van der Waals surface area contributed by atoms with Gasteiger partial charge in [-0.1, -0.05) is 17.7 Å². The summed E-state index contributed by atoms with van der Waals surface area (Å²) in [7, 11) is 2.89. The molecule has 162 valence electrons. The molecule has 3 aromatic rings. The number of ketones is 1. The van der Waals surface area contributed by atoms with E-state index in [2.05, 4.69) is 4.98 Å². The molecular formula is C24H19ClN2O5. The molecule has 0 saturated carbocycles. The molecule has 0 bridgehead atoms. The maximum atomic E-state index is 13.2. The summed E-state index contributed by atoms with van der Waals surface area (Å²) in [5.74, 6) is -1.39. The zero-order valence-electron chi connectivity index (χ0n) is 17.3. The van der Waals surface area contributed by atoms with Crippen molar-refractivity contribution in [2.24, 2.45) is 0 Å². The molecule has 32 heavy (non-hydrogen) atoms. The smallest absolute Gasteiger partial charge is 0.300 e. The lowest BCUT2D eigenvalue weighted by molar-refractivity contribution is -0.132. The zero-order chi connectivity index (χ0) is 22.8. The lowest BCUT2D eigenvalue weighted by Gasteiger charge is -2.25. The Morgan fingerprint density at radius 1 is 0.969 bits per heavy atom. The minimum Gasteiger partial charge on any atom is -0.506 e. The zero-order valence-corrected chi connectivity index (χ0v) is 18.0. The molecule has 1 unspecified atom stereocenters. The van der Waals surface area contributed by atoms with E-state index in [0.717, 1.165) is 0 Å². The summed E-state index contributed by atoms with van der Waals surface area (Å²) in [6.07, 6.45) is 3.11. The molecule has 1 saturated heterocycles. The van der Waals surface area contributed by atoms with Crippen LogP contribution in [0.1, 0.15) is 17.2 Å². The number of aliphatic hydroxyl groups is 1. The second-order valence-electron chi connectivity index (χ2n) is 6.96. The predicted octanol–water partition coefficient (Wildman–Crippen LogP) is 4.38. The molecule has 0 radical (unpaired) electrons. The van der Waals surface area contributed by atoms with Gasteiger partial charge in [-0.15, -0.1) is 0 Å². The minimum atomic E-state index is -0.895. The van der Waals surface area contributed by atoms with Gasteiger partial charge in [0.25, 0.3) is 11.7 Å². The summed E-state index contributed by atoms with van der Waals surface area (Å²) in [5, 5.41) is 11.8. The van der Waals surface area contributed by atoms with Crippen molar-refractivity contribution in [1.82, 2.24) is 4.98 Å². The molecular weight excluding hydrogens is 432 g/mol. The average Bonchev–Trinajstić information content (AvgIpc) is 3.09. The Morgan fingerprint density at radius 3 is 2.12 bits per heavy atom. The van der Waals surface area contributed by atoms with Gasteiger partial charge >= 0.3 is 0 Å². The van der Waals surface area contributed by atoms with Crippen molar-refractivity contribution in [2.45, 2.75) is 6.04 Å². The van der Waals surface area contributed by atoms with Gasteiger partial charge in [-0.3, -0.25) is 19.5 Å². The molecule has 7 nitrogen and oxygen atoms in total. The second-order valence-corrected chi connectivity index (χ2v) is 7.40. The average molecular weight is 451 g/mol. The highest BCUT2D eigenvalue weighted by atomic mass is 35.5. The number of rotatable bonds is 5. The molecule has 2 heterocycles. The highest BCUT2D eigenvalue weighted by molar-refractivity contribution is 6.51. The van der Waals surface area contributed by atoms with Gasteiger partial charge in [-0.05, 0) is 54.1 Å². The Balaban J connectivity index is 2.00. The van der Waals surface area contributed by atoms with Gasteiger partial charge in [-0.25, -0.2) is 0 Å². The first-order chi connectivity index (χ1) is 15.5. The molecule has 1 aliphatic heterocycles. The highest BCUT2D eigenvalue weighted by Crippen LogP contribution is 2.45. The number of methoxy groups -OCH3 is 2. The van der Waals surface area contributed by atoms with Gasteiger partial charge in [0.2, 0.25) is 0 Å². The Hall–Kier alpha value is -3.84. The van der Waals surface area contributed by atoms with Gasteiger partial charge < -0.3 is 14.6 Å². The summed E-state index contributed by atoms with van der Waals surface area (Å²) < 4.78 is 10.8. The number of carbonyl (C=O) groups is 2. The van der Waals surface area contributed by atoms with Crippen LogP contribution in [0.3, 0.4) is 0 Å². The van der Waals surface area contributed by atoms with E-state index in [-0.39, 0.29) is 11.1 Å². The molecule has 1 aliphatic rings. The Kier molecular flexibility index (Phi) is 5.83. The maximum absolute atomic E-state index is 13.2. The van der Waals surface area contributed by atoms with Crippen LogP contribution in [0.25, 0.3) is 5.76 Å². The van der Waals surface area contributed by atoms with Crippen LogP contribution in [0.4, 0.5) is 5.69 Å². The highest BCUT2D eigenvalue weighted by Gasteiger charge is 2.47. The molecule has 2 aromatic carbocycles. The van der Waals surface area contributed by atoms with E-state index in [1.54, 1.807) is 67.0 Å². The number of amides is 1. The number of ether oxygens (including phenoxy) is 2. The second kappa shape index (κ2) is 8.72. The topological polar surface area (TPSA) is 89.0 Å². The first kappa shape index (κ1) is 21.4. The number of halogens is 1. The van der Waals surface area contributed by atoms with E-state index >= 15 is 0 Å². The largest absolute Gasteiger partial charge is 0.506 e. The van der Waals surface area contributed by atoms with E-state index in [0.29, 0.717) is 27.8 Å². The number of Topliss-reactive ketones (excluding diaryl/α,β-unsaturated/α-hetero) is 1. The molecule has 8 heteroatoms. The summed E-state index contributed by atoms with van der Waals surface area (Å²) in [6.45, 7) is 0. The molecule has 1 aromatic heterocycles. The van der Waals surface area contributed by atoms with E-state index in [1.807, 2.05) is 0 Å². The monoisotopic (exact) mass is 450 g/mol. The fourth-order valence-corrected chi connectivity index (χ4v) is 3.91. The van der Waals surface area contributed by atoms with Crippen LogP contribution >= 0.6 is 11.6 Å². The third kappa shape index (κ3) is 3.56.